The molecule has 4 heteroatoms. The van der Waals surface area contributed by atoms with Gasteiger partial charge in [0, 0.05) is 44.6 Å². The van der Waals surface area contributed by atoms with E-state index in [0.717, 1.165) is 0 Å². The summed E-state index contributed by atoms with van der Waals surface area (Å²) in [5.74, 6) is 0. The smallest absolute Gasteiger partial charge is 0.252 e. The van der Waals surface area contributed by atoms with Crippen LogP contribution >= 0.6 is 0 Å². The van der Waals surface area contributed by atoms with E-state index in [4.69, 9.17) is 0 Å². The van der Waals surface area contributed by atoms with E-state index in [0.29, 0.717) is 0 Å². The van der Waals surface area contributed by atoms with Crippen molar-refractivity contribution in [3.05, 3.63) is 114 Å². The van der Waals surface area contributed by atoms with Crippen molar-refractivity contribution in [2.24, 2.45) is 0 Å². The number of fused-ring (bicyclic) bond motifs is 11. The number of rotatable bonds is 0. The van der Waals surface area contributed by atoms with Crippen molar-refractivity contribution in [2.75, 3.05) is 4.90 Å². The predicted octanol–water partition coefficient (Wildman–Crippen LogP) is 5.99. The Morgan fingerprint density at radius 2 is 1.43 bits per heavy atom. The summed E-state index contributed by atoms with van der Waals surface area (Å²) < 4.78 is 2.65. The average molecular weight is 555 g/mol. The molecule has 0 spiro atoms. The van der Waals surface area contributed by atoms with E-state index in [9.17, 15) is 0 Å². The molecule has 0 bridgehead atoms. The predicted molar refractivity (Wildman–Crippen MR) is 182 cm³/mol. The molecule has 0 fully saturated rings. The van der Waals surface area contributed by atoms with Crippen LogP contribution in [-0.2, 0) is 5.41 Å². The van der Waals surface area contributed by atoms with Crippen LogP contribution in [0.5, 0.6) is 0 Å². The first kappa shape index (κ1) is 23.3. The van der Waals surface area contributed by atoms with Crippen LogP contribution in [0.3, 0.4) is 0 Å². The second kappa shape index (κ2) is 7.19. The van der Waals surface area contributed by atoms with Gasteiger partial charge in [-0.2, -0.15) is 0 Å². The Labute approximate surface area is 248 Å². The fourth-order valence-corrected chi connectivity index (χ4v) is 12.3. The van der Waals surface area contributed by atoms with Crippen molar-refractivity contribution < 1.29 is 0 Å². The summed E-state index contributed by atoms with van der Waals surface area (Å²) in [7, 11) is -1.90. The Morgan fingerprint density at radius 1 is 0.714 bits per heavy atom. The highest BCUT2D eigenvalue weighted by molar-refractivity contribution is 7.05. The maximum absolute atomic E-state index is 2.65. The third kappa shape index (κ3) is 2.41. The zero-order chi connectivity index (χ0) is 28.3. The molecule has 0 N–H and O–H groups in total. The molecule has 0 saturated carbocycles. The normalized spacial score (nSPS) is 17.0. The molecule has 3 aliphatic heterocycles. The van der Waals surface area contributed by atoms with Gasteiger partial charge in [-0.25, -0.2) is 0 Å². The number of anilines is 3. The quantitative estimate of drug-likeness (QED) is 0.209. The summed E-state index contributed by atoms with van der Waals surface area (Å²) in [6.45, 7) is 12.4. The van der Waals surface area contributed by atoms with E-state index < -0.39 is 8.07 Å². The van der Waals surface area contributed by atoms with Gasteiger partial charge in [0.1, 0.15) is 8.07 Å². The van der Waals surface area contributed by atoms with Crippen LogP contribution in [0, 0.1) is 6.92 Å². The molecule has 0 unspecified atom stereocenters. The molecule has 6 aromatic rings. The Kier molecular flexibility index (Phi) is 3.99. The van der Waals surface area contributed by atoms with Crippen LogP contribution in [0.15, 0.2) is 97.1 Å². The van der Waals surface area contributed by atoms with E-state index in [2.05, 4.69) is 140 Å². The van der Waals surface area contributed by atoms with Gasteiger partial charge in [-0.3, -0.25) is 0 Å². The van der Waals surface area contributed by atoms with Crippen LogP contribution in [0.4, 0.5) is 17.1 Å². The molecule has 0 atom stereocenters. The van der Waals surface area contributed by atoms with Gasteiger partial charge in [-0.15, -0.1) is 0 Å². The maximum atomic E-state index is 2.65. The third-order valence-electron chi connectivity index (χ3n) is 11.0. The van der Waals surface area contributed by atoms with Crippen LogP contribution in [-0.4, -0.2) is 19.4 Å². The van der Waals surface area contributed by atoms with E-state index in [-0.39, 0.29) is 12.1 Å². The molecular weight excluding hydrogens is 523 g/mol. The first-order valence-electron chi connectivity index (χ1n) is 15.3. The van der Waals surface area contributed by atoms with Crippen molar-refractivity contribution in [1.82, 2.24) is 4.57 Å². The highest BCUT2D eigenvalue weighted by atomic mass is 28.3. The summed E-state index contributed by atoms with van der Waals surface area (Å²) in [5.41, 5.74) is 18.2. The fraction of sp³-hybridized carbons (Fsp3) is 0.158. The molecule has 200 valence electrons. The van der Waals surface area contributed by atoms with Crippen molar-refractivity contribution >= 4 is 69.5 Å². The minimum atomic E-state index is -1.90. The zero-order valence-electron chi connectivity index (χ0n) is 24.7. The van der Waals surface area contributed by atoms with Gasteiger partial charge < -0.3 is 9.47 Å². The van der Waals surface area contributed by atoms with E-state index in [1.807, 2.05) is 0 Å². The number of hydrogen-bond acceptors (Lipinski definition) is 1. The van der Waals surface area contributed by atoms with Gasteiger partial charge in [-0.1, -0.05) is 106 Å². The van der Waals surface area contributed by atoms with Gasteiger partial charge in [0.15, 0.2) is 0 Å². The first-order chi connectivity index (χ1) is 20.3. The first-order valence-corrected chi connectivity index (χ1v) is 18.3. The SMILES string of the molecule is Cc1cc2c3c(c1)-n1c4c(c5cccc(c51)B3c1cccc3c1N2c1ccccc1[Si]3(C)C)C(C)(C)c1ccccc1-4. The van der Waals surface area contributed by atoms with Crippen molar-refractivity contribution in [3.63, 3.8) is 0 Å². The molecule has 4 aliphatic rings. The number of aromatic nitrogens is 1. The lowest BCUT2D eigenvalue weighted by atomic mass is 9.33. The molecule has 2 nitrogen and oxygen atoms in total. The van der Waals surface area contributed by atoms with Crippen molar-refractivity contribution in [1.29, 1.82) is 0 Å². The molecule has 42 heavy (non-hydrogen) atoms. The molecule has 4 heterocycles. The van der Waals surface area contributed by atoms with Gasteiger partial charge in [0.25, 0.3) is 6.71 Å². The summed E-state index contributed by atoms with van der Waals surface area (Å²) in [5, 5.41) is 4.49. The lowest BCUT2D eigenvalue weighted by molar-refractivity contribution is 0.666. The summed E-state index contributed by atoms with van der Waals surface area (Å²) >= 11 is 0. The molecule has 10 rings (SSSR count). The van der Waals surface area contributed by atoms with Gasteiger partial charge >= 0.3 is 0 Å². The second-order valence-corrected chi connectivity index (χ2v) is 18.2. The van der Waals surface area contributed by atoms with E-state index in [1.54, 1.807) is 5.19 Å². The molecule has 1 aromatic heterocycles. The van der Waals surface area contributed by atoms with E-state index >= 15 is 0 Å². The Morgan fingerprint density at radius 3 is 2.31 bits per heavy atom. The topological polar surface area (TPSA) is 8.17 Å². The van der Waals surface area contributed by atoms with Crippen molar-refractivity contribution in [3.8, 4) is 16.9 Å². The number of nitrogens with zero attached hydrogens (tertiary/aromatic N) is 2. The van der Waals surface area contributed by atoms with Crippen LogP contribution < -0.4 is 31.7 Å². The Balaban J connectivity index is 1.42. The highest BCUT2D eigenvalue weighted by Gasteiger charge is 2.49. The lowest BCUT2D eigenvalue weighted by Gasteiger charge is -2.47. The van der Waals surface area contributed by atoms with Gasteiger partial charge in [-0.05, 0) is 68.6 Å². The standard InChI is InChI=1S/C38H31BN2Si/c1-22-20-29-34-30(21-22)41-35-24(33-36(41)23-12-6-7-14-25(23)38(33,2)3)13-10-15-26(35)39(34)27-16-11-19-32-37(27)40(29)28-17-8-9-18-31(28)42(32,4)5/h6-21H,1-5H3. The monoisotopic (exact) mass is 554 g/mol. The molecule has 0 saturated heterocycles. The van der Waals surface area contributed by atoms with Gasteiger partial charge in [0.2, 0.25) is 0 Å². The highest BCUT2D eigenvalue weighted by Crippen LogP contribution is 2.54. The Bertz CT molecular complexity index is 2240. The van der Waals surface area contributed by atoms with Crippen LogP contribution in [0.1, 0.15) is 30.5 Å². The van der Waals surface area contributed by atoms with Crippen molar-refractivity contribution in [2.45, 2.75) is 39.3 Å². The van der Waals surface area contributed by atoms with Crippen LogP contribution in [0.25, 0.3) is 27.8 Å². The molecule has 0 radical (unpaired) electrons. The number of hydrogen-bond donors (Lipinski definition) is 0. The number of aryl methyl sites for hydroxylation is 1. The number of para-hydroxylation sites is 3. The molecule has 0 amide bonds. The van der Waals surface area contributed by atoms with Gasteiger partial charge in [0.05, 0.1) is 5.69 Å². The molecule has 1 aliphatic carbocycles. The summed E-state index contributed by atoms with van der Waals surface area (Å²) in [6.07, 6.45) is 0. The summed E-state index contributed by atoms with van der Waals surface area (Å²) in [6, 6.07) is 37.5. The zero-order valence-corrected chi connectivity index (χ0v) is 25.7. The summed E-state index contributed by atoms with van der Waals surface area (Å²) in [4.78, 5) is 2.63. The fourth-order valence-electron chi connectivity index (χ4n) is 9.26. The van der Waals surface area contributed by atoms with Crippen LogP contribution in [0.2, 0.25) is 13.1 Å². The minimum absolute atomic E-state index is 0.0600. The lowest BCUT2D eigenvalue weighted by Crippen LogP contribution is -2.67. The second-order valence-electron chi connectivity index (χ2n) is 13.8. The Hall–Kier alpha value is -4.28. The third-order valence-corrected chi connectivity index (χ3v) is 14.5. The number of benzene rings is 5. The molecule has 5 aromatic carbocycles. The molecular formula is C38H31BN2Si. The average Bonchev–Trinajstić information content (AvgIpc) is 3.46. The maximum Gasteiger partial charge on any atom is 0.252 e. The van der Waals surface area contributed by atoms with E-state index in [1.165, 1.54) is 83.2 Å². The largest absolute Gasteiger partial charge is 0.312 e. The minimum Gasteiger partial charge on any atom is -0.312 e.